The fraction of sp³-hybridized carbons (Fsp3) is 0.154. The smallest absolute Gasteiger partial charge is 0.102 e. The number of hydrogen-bond donors (Lipinski definition) is 1. The van der Waals surface area contributed by atoms with E-state index in [0.29, 0.717) is 13.1 Å². The molecule has 0 aliphatic carbocycles. The molecule has 5 nitrogen and oxygen atoms in total. The van der Waals surface area contributed by atoms with Crippen molar-refractivity contribution >= 4 is 10.9 Å². The molecule has 0 atom stereocenters. The van der Waals surface area contributed by atoms with Crippen LogP contribution in [0.25, 0.3) is 22.2 Å². The van der Waals surface area contributed by atoms with Crippen molar-refractivity contribution in [2.75, 3.05) is 6.54 Å². The number of nitrogens with two attached hydrogens (primary N) is 1. The van der Waals surface area contributed by atoms with Crippen molar-refractivity contribution < 1.29 is 0 Å². The molecule has 3 aromatic rings. The Morgan fingerprint density at radius 1 is 1.06 bits per heavy atom. The van der Waals surface area contributed by atoms with Crippen LogP contribution in [0.2, 0.25) is 0 Å². The second-order valence-electron chi connectivity index (χ2n) is 3.99. The van der Waals surface area contributed by atoms with Crippen molar-refractivity contribution in [2.24, 2.45) is 5.73 Å². The molecule has 0 bridgehead atoms. The Labute approximate surface area is 104 Å². The summed E-state index contributed by atoms with van der Waals surface area (Å²) in [5, 5.41) is 5.66. The van der Waals surface area contributed by atoms with Crippen LogP contribution in [0, 0.1) is 0 Å². The maximum atomic E-state index is 5.61. The van der Waals surface area contributed by atoms with E-state index >= 15 is 0 Å². The van der Waals surface area contributed by atoms with Gasteiger partial charge < -0.3 is 5.73 Å². The van der Waals surface area contributed by atoms with E-state index < -0.39 is 0 Å². The highest BCUT2D eigenvalue weighted by atomic mass is 15.3. The summed E-state index contributed by atoms with van der Waals surface area (Å²) in [6, 6.07) is 5.85. The molecule has 3 rings (SSSR count). The van der Waals surface area contributed by atoms with Gasteiger partial charge >= 0.3 is 0 Å². The molecule has 0 radical (unpaired) electrons. The van der Waals surface area contributed by atoms with E-state index in [1.165, 1.54) is 0 Å². The summed E-state index contributed by atoms with van der Waals surface area (Å²) in [5.74, 6) is 0. The molecular weight excluding hydrogens is 226 g/mol. The zero-order valence-corrected chi connectivity index (χ0v) is 9.82. The van der Waals surface area contributed by atoms with Crippen LogP contribution in [0.1, 0.15) is 0 Å². The molecule has 0 saturated heterocycles. The number of fused-ring (bicyclic) bond motifs is 1. The van der Waals surface area contributed by atoms with Gasteiger partial charge in [0.15, 0.2) is 0 Å². The molecule has 90 valence electrons. The molecule has 0 saturated carbocycles. The molecule has 5 heteroatoms. The highest BCUT2D eigenvalue weighted by Crippen LogP contribution is 2.26. The average molecular weight is 239 g/mol. The Morgan fingerprint density at radius 3 is 2.61 bits per heavy atom. The van der Waals surface area contributed by atoms with Crippen LogP contribution in [0.3, 0.4) is 0 Å². The number of pyridine rings is 2. The molecule has 0 aliphatic rings. The summed E-state index contributed by atoms with van der Waals surface area (Å²) in [7, 11) is 0. The lowest BCUT2D eigenvalue weighted by Crippen LogP contribution is -2.10. The van der Waals surface area contributed by atoms with Crippen LogP contribution < -0.4 is 5.73 Å². The van der Waals surface area contributed by atoms with Gasteiger partial charge in [-0.2, -0.15) is 5.10 Å². The molecule has 2 N–H and O–H groups in total. The van der Waals surface area contributed by atoms with Gasteiger partial charge in [0.1, 0.15) is 5.69 Å². The van der Waals surface area contributed by atoms with Crippen molar-refractivity contribution in [3.8, 4) is 11.3 Å². The van der Waals surface area contributed by atoms with Crippen molar-refractivity contribution in [3.63, 3.8) is 0 Å². The van der Waals surface area contributed by atoms with Gasteiger partial charge in [-0.05, 0) is 18.2 Å². The number of hydrogen-bond acceptors (Lipinski definition) is 4. The van der Waals surface area contributed by atoms with Crippen LogP contribution in [-0.2, 0) is 6.54 Å². The minimum Gasteiger partial charge on any atom is -0.329 e. The van der Waals surface area contributed by atoms with E-state index in [0.717, 1.165) is 22.2 Å². The molecule has 0 fully saturated rings. The van der Waals surface area contributed by atoms with Crippen LogP contribution in [0.4, 0.5) is 0 Å². The van der Waals surface area contributed by atoms with E-state index in [2.05, 4.69) is 15.1 Å². The third-order valence-electron chi connectivity index (χ3n) is 2.85. The zero-order valence-electron chi connectivity index (χ0n) is 9.82. The van der Waals surface area contributed by atoms with Crippen molar-refractivity contribution in [1.82, 2.24) is 19.7 Å². The maximum Gasteiger partial charge on any atom is 0.102 e. The molecule has 0 aliphatic heterocycles. The first kappa shape index (κ1) is 10.9. The summed E-state index contributed by atoms with van der Waals surface area (Å²) in [6.45, 7) is 1.26. The first-order valence-corrected chi connectivity index (χ1v) is 5.81. The first-order valence-electron chi connectivity index (χ1n) is 5.81. The van der Waals surface area contributed by atoms with E-state index in [1.54, 1.807) is 18.6 Å². The normalized spacial score (nSPS) is 10.9. The lowest BCUT2D eigenvalue weighted by Gasteiger charge is -1.98. The standard InChI is InChI=1S/C13H13N5/c14-4-8-18-12-3-7-16-9-11(12)13(17-18)10-1-5-15-6-2-10/h1-3,5-7,9H,4,8,14H2. The average Bonchev–Trinajstić information content (AvgIpc) is 2.80. The molecule has 3 aromatic heterocycles. The number of rotatable bonds is 3. The fourth-order valence-electron chi connectivity index (χ4n) is 2.04. The van der Waals surface area contributed by atoms with Crippen molar-refractivity contribution in [2.45, 2.75) is 6.54 Å². The largest absolute Gasteiger partial charge is 0.329 e. The number of aromatic nitrogens is 4. The van der Waals surface area contributed by atoms with Crippen LogP contribution >= 0.6 is 0 Å². The summed E-state index contributed by atoms with van der Waals surface area (Å²) < 4.78 is 1.92. The summed E-state index contributed by atoms with van der Waals surface area (Å²) in [6.07, 6.45) is 7.14. The van der Waals surface area contributed by atoms with Crippen LogP contribution in [-0.4, -0.2) is 26.3 Å². The molecule has 0 aromatic carbocycles. The second-order valence-corrected chi connectivity index (χ2v) is 3.99. The lowest BCUT2D eigenvalue weighted by atomic mass is 10.1. The topological polar surface area (TPSA) is 69.6 Å². The Kier molecular flexibility index (Phi) is 2.74. The van der Waals surface area contributed by atoms with Gasteiger partial charge in [-0.3, -0.25) is 14.6 Å². The monoisotopic (exact) mass is 239 g/mol. The van der Waals surface area contributed by atoms with Crippen LogP contribution in [0.5, 0.6) is 0 Å². The summed E-state index contributed by atoms with van der Waals surface area (Å²) in [5.41, 5.74) is 8.64. The Hall–Kier alpha value is -2.27. The third kappa shape index (κ3) is 1.74. The Morgan fingerprint density at radius 2 is 1.83 bits per heavy atom. The lowest BCUT2D eigenvalue weighted by molar-refractivity contribution is 0.648. The predicted molar refractivity (Wildman–Crippen MR) is 69.8 cm³/mol. The quantitative estimate of drug-likeness (QED) is 0.751. The Bertz CT molecular complexity index is 659. The van der Waals surface area contributed by atoms with E-state index in [9.17, 15) is 0 Å². The molecule has 0 unspecified atom stereocenters. The van der Waals surface area contributed by atoms with Gasteiger partial charge in [-0.25, -0.2) is 0 Å². The van der Waals surface area contributed by atoms with Crippen LogP contribution in [0.15, 0.2) is 43.0 Å². The molecular formula is C13H13N5. The summed E-state index contributed by atoms with van der Waals surface area (Å²) in [4.78, 5) is 8.20. The van der Waals surface area contributed by atoms with Gasteiger partial charge in [0.05, 0.1) is 12.1 Å². The van der Waals surface area contributed by atoms with E-state index in [-0.39, 0.29) is 0 Å². The number of nitrogens with zero attached hydrogens (tertiary/aromatic N) is 4. The minimum atomic E-state index is 0.564. The second kappa shape index (κ2) is 4.54. The summed E-state index contributed by atoms with van der Waals surface area (Å²) >= 11 is 0. The highest BCUT2D eigenvalue weighted by Gasteiger charge is 2.11. The SMILES string of the molecule is NCCn1nc(-c2ccncc2)c2cnccc21. The third-order valence-corrected chi connectivity index (χ3v) is 2.85. The van der Waals surface area contributed by atoms with Crippen molar-refractivity contribution in [3.05, 3.63) is 43.0 Å². The fourth-order valence-corrected chi connectivity index (χ4v) is 2.04. The minimum absolute atomic E-state index is 0.564. The molecule has 0 spiro atoms. The van der Waals surface area contributed by atoms with Gasteiger partial charge in [0.25, 0.3) is 0 Å². The zero-order chi connectivity index (χ0) is 12.4. The molecule has 18 heavy (non-hydrogen) atoms. The Balaban J connectivity index is 2.24. The van der Waals surface area contributed by atoms with Gasteiger partial charge in [0.2, 0.25) is 0 Å². The van der Waals surface area contributed by atoms with Gasteiger partial charge in [-0.1, -0.05) is 0 Å². The van der Waals surface area contributed by atoms with Gasteiger partial charge in [-0.15, -0.1) is 0 Å². The molecule has 3 heterocycles. The van der Waals surface area contributed by atoms with Gasteiger partial charge in [0, 0.05) is 42.3 Å². The highest BCUT2D eigenvalue weighted by molar-refractivity contribution is 5.92. The van der Waals surface area contributed by atoms with E-state index in [1.807, 2.05) is 29.1 Å². The molecule has 0 amide bonds. The predicted octanol–water partition coefficient (Wildman–Crippen LogP) is 1.45. The maximum absolute atomic E-state index is 5.61. The first-order chi connectivity index (χ1) is 8.90. The van der Waals surface area contributed by atoms with Crippen molar-refractivity contribution in [1.29, 1.82) is 0 Å². The van der Waals surface area contributed by atoms with E-state index in [4.69, 9.17) is 5.73 Å².